The second kappa shape index (κ2) is 15.8. The van der Waals surface area contributed by atoms with E-state index in [-0.39, 0.29) is 17.7 Å². The fourth-order valence-electron chi connectivity index (χ4n) is 2.87. The summed E-state index contributed by atoms with van der Waals surface area (Å²) in [6.45, 7) is 0.314. The molecule has 0 aromatic carbocycles. The lowest BCUT2D eigenvalue weighted by molar-refractivity contribution is -0.123. The van der Waals surface area contributed by atoms with Crippen LogP contribution in [0.15, 0.2) is 0 Å². The van der Waals surface area contributed by atoms with Gasteiger partial charge in [0.15, 0.2) is 0 Å². The number of amides is 2. The number of hydrogen-bond donors (Lipinski definition) is 3. The van der Waals surface area contributed by atoms with E-state index in [0.717, 1.165) is 32.1 Å². The maximum atomic E-state index is 11.4. The van der Waals surface area contributed by atoms with E-state index < -0.39 is 0 Å². The normalized spacial score (nSPS) is 12.2. The van der Waals surface area contributed by atoms with E-state index in [1.165, 1.54) is 38.5 Å². The third-order valence-corrected chi connectivity index (χ3v) is 4.34. The van der Waals surface area contributed by atoms with E-state index in [1.807, 2.05) is 0 Å². The number of hydrogen-bond acceptors (Lipinski definition) is 3. The third-order valence-electron chi connectivity index (χ3n) is 4.34. The van der Waals surface area contributed by atoms with Gasteiger partial charge in [-0.25, -0.2) is 0 Å². The Morgan fingerprint density at radius 1 is 0.696 bits per heavy atom. The van der Waals surface area contributed by atoms with Gasteiger partial charge in [0.1, 0.15) is 0 Å². The number of unbranched alkanes of at least 4 members (excludes halogenated alkanes) is 9. The number of rotatable bonds is 17. The monoisotopic (exact) mass is 328 g/mol. The second-order valence-electron chi connectivity index (χ2n) is 6.51. The minimum atomic E-state index is -0.315. The fourth-order valence-corrected chi connectivity index (χ4v) is 2.87. The summed E-state index contributed by atoms with van der Waals surface area (Å²) in [4.78, 5) is 22.1. The molecule has 0 aromatic heterocycles. The number of primary amides is 2. The van der Waals surface area contributed by atoms with Crippen LogP contribution in [0, 0.1) is 5.92 Å². The van der Waals surface area contributed by atoms with Crippen molar-refractivity contribution in [1.29, 1.82) is 0 Å². The molecule has 0 aliphatic heterocycles. The molecule has 0 fully saturated rings. The van der Waals surface area contributed by atoms with Crippen molar-refractivity contribution in [1.82, 2.24) is 0 Å². The van der Waals surface area contributed by atoms with Gasteiger partial charge < -0.3 is 16.6 Å². The second-order valence-corrected chi connectivity index (χ2v) is 6.51. The van der Waals surface area contributed by atoms with Gasteiger partial charge in [0, 0.05) is 18.9 Å². The molecule has 0 aromatic rings. The van der Waals surface area contributed by atoms with Gasteiger partial charge in [-0.1, -0.05) is 57.8 Å². The van der Waals surface area contributed by atoms with Gasteiger partial charge in [-0.15, -0.1) is 0 Å². The Hall–Kier alpha value is -1.10. The number of carbonyl (C=O) groups is 2. The van der Waals surface area contributed by atoms with E-state index in [4.69, 9.17) is 16.6 Å². The van der Waals surface area contributed by atoms with Gasteiger partial charge in [0.05, 0.1) is 0 Å². The van der Waals surface area contributed by atoms with Gasteiger partial charge in [-0.3, -0.25) is 9.59 Å². The van der Waals surface area contributed by atoms with E-state index in [2.05, 4.69) is 0 Å². The van der Waals surface area contributed by atoms with Crippen LogP contribution in [0.5, 0.6) is 0 Å². The Bertz CT molecular complexity index is 309. The lowest BCUT2D eigenvalue weighted by Crippen LogP contribution is -2.23. The van der Waals surface area contributed by atoms with Crippen molar-refractivity contribution in [3.8, 4) is 0 Å². The molecule has 1 atom stereocenters. The summed E-state index contributed by atoms with van der Waals surface area (Å²) < 4.78 is 0. The minimum Gasteiger partial charge on any atom is -0.396 e. The lowest BCUT2D eigenvalue weighted by atomic mass is 9.94. The summed E-state index contributed by atoms with van der Waals surface area (Å²) in [7, 11) is 0. The molecule has 0 saturated carbocycles. The van der Waals surface area contributed by atoms with Crippen molar-refractivity contribution in [3.63, 3.8) is 0 Å². The zero-order valence-electron chi connectivity index (χ0n) is 14.6. The van der Waals surface area contributed by atoms with Crippen LogP contribution < -0.4 is 11.5 Å². The minimum absolute atomic E-state index is 0.110. The van der Waals surface area contributed by atoms with E-state index >= 15 is 0 Å². The highest BCUT2D eigenvalue weighted by Crippen LogP contribution is 2.18. The summed E-state index contributed by atoms with van der Waals surface area (Å²) in [5.41, 5.74) is 10.5. The topological polar surface area (TPSA) is 106 Å². The number of nitrogens with two attached hydrogens (primary N) is 2. The highest BCUT2D eigenvalue weighted by atomic mass is 16.2. The Kier molecular flexibility index (Phi) is 15.0. The van der Waals surface area contributed by atoms with Crippen molar-refractivity contribution >= 4 is 11.8 Å². The molecule has 2 amide bonds. The summed E-state index contributed by atoms with van der Waals surface area (Å²) in [6.07, 6.45) is 14.2. The zero-order chi connectivity index (χ0) is 17.3. The van der Waals surface area contributed by atoms with Crippen molar-refractivity contribution in [2.45, 2.75) is 89.9 Å². The van der Waals surface area contributed by atoms with Gasteiger partial charge in [-0.05, 0) is 25.7 Å². The molecule has 0 bridgehead atoms. The summed E-state index contributed by atoms with van der Waals surface area (Å²) in [5, 5.41) is 8.69. The largest absolute Gasteiger partial charge is 0.396 e. The molecule has 136 valence electrons. The molecule has 23 heavy (non-hydrogen) atoms. The Balaban J connectivity index is 3.45. The molecule has 0 aliphatic carbocycles. The fraction of sp³-hybridized carbons (Fsp3) is 0.889. The molecular formula is C18H36N2O3. The first-order chi connectivity index (χ1) is 11.1. The molecule has 5 nitrogen and oxygen atoms in total. The molecule has 0 heterocycles. The predicted octanol–water partition coefficient (Wildman–Crippen LogP) is 3.03. The molecule has 0 spiro atoms. The number of aliphatic hydroxyl groups is 1. The van der Waals surface area contributed by atoms with E-state index in [9.17, 15) is 9.59 Å². The molecule has 0 aliphatic rings. The Morgan fingerprint density at radius 3 is 1.57 bits per heavy atom. The van der Waals surface area contributed by atoms with Gasteiger partial charge in [-0.2, -0.15) is 0 Å². The van der Waals surface area contributed by atoms with Crippen LogP contribution in [0.3, 0.4) is 0 Å². The quantitative estimate of drug-likeness (QED) is 0.357. The highest BCUT2D eigenvalue weighted by molar-refractivity contribution is 5.77. The van der Waals surface area contributed by atoms with Crippen LogP contribution >= 0.6 is 0 Å². The van der Waals surface area contributed by atoms with Crippen LogP contribution in [0.1, 0.15) is 89.9 Å². The van der Waals surface area contributed by atoms with E-state index in [0.29, 0.717) is 25.9 Å². The Labute approximate surface area is 141 Å². The molecule has 0 radical (unpaired) electrons. The lowest BCUT2D eigenvalue weighted by Gasteiger charge is -2.12. The SMILES string of the molecule is NC(=O)CCCC(CCCCCCCCCCCCO)C(N)=O. The first-order valence-electron chi connectivity index (χ1n) is 9.26. The number of carbonyl (C=O) groups excluding carboxylic acids is 2. The third kappa shape index (κ3) is 15.6. The molecule has 0 rings (SSSR count). The van der Waals surface area contributed by atoms with Gasteiger partial charge >= 0.3 is 0 Å². The van der Waals surface area contributed by atoms with Crippen LogP contribution in [0.4, 0.5) is 0 Å². The molecule has 5 N–H and O–H groups in total. The van der Waals surface area contributed by atoms with Crippen LogP contribution in [0.2, 0.25) is 0 Å². The average molecular weight is 328 g/mol. The van der Waals surface area contributed by atoms with Crippen LogP contribution in [0.25, 0.3) is 0 Å². The van der Waals surface area contributed by atoms with E-state index in [1.54, 1.807) is 0 Å². The van der Waals surface area contributed by atoms with Gasteiger partial charge in [0.25, 0.3) is 0 Å². The smallest absolute Gasteiger partial charge is 0.220 e. The molecular weight excluding hydrogens is 292 g/mol. The Morgan fingerprint density at radius 2 is 1.13 bits per heavy atom. The van der Waals surface area contributed by atoms with Crippen LogP contribution in [-0.2, 0) is 9.59 Å². The summed E-state index contributed by atoms with van der Waals surface area (Å²) in [6, 6.07) is 0. The molecule has 5 heteroatoms. The van der Waals surface area contributed by atoms with Crippen LogP contribution in [-0.4, -0.2) is 23.5 Å². The van der Waals surface area contributed by atoms with Crippen molar-refractivity contribution in [3.05, 3.63) is 0 Å². The first kappa shape index (κ1) is 21.9. The first-order valence-corrected chi connectivity index (χ1v) is 9.26. The molecule has 0 saturated heterocycles. The zero-order valence-corrected chi connectivity index (χ0v) is 14.6. The van der Waals surface area contributed by atoms with Crippen molar-refractivity contribution < 1.29 is 14.7 Å². The number of aliphatic hydroxyl groups excluding tert-OH is 1. The van der Waals surface area contributed by atoms with Gasteiger partial charge in [0.2, 0.25) is 11.8 Å². The summed E-state index contributed by atoms with van der Waals surface area (Å²) >= 11 is 0. The summed E-state index contributed by atoms with van der Waals surface area (Å²) in [5.74, 6) is -0.678. The predicted molar refractivity (Wildman–Crippen MR) is 93.6 cm³/mol. The van der Waals surface area contributed by atoms with Crippen molar-refractivity contribution in [2.75, 3.05) is 6.61 Å². The maximum Gasteiger partial charge on any atom is 0.220 e. The molecule has 1 unspecified atom stereocenters. The standard InChI is InChI=1S/C18H36N2O3/c19-17(22)14-11-13-16(18(20)23)12-9-7-5-3-1-2-4-6-8-10-15-21/h16,21H,1-15H2,(H2,19,22)(H2,20,23). The maximum absolute atomic E-state index is 11.4. The van der Waals surface area contributed by atoms with Crippen molar-refractivity contribution in [2.24, 2.45) is 17.4 Å². The average Bonchev–Trinajstić information content (AvgIpc) is 2.50. The highest BCUT2D eigenvalue weighted by Gasteiger charge is 2.14.